The van der Waals surface area contributed by atoms with Crippen molar-refractivity contribution in [3.8, 4) is 28.6 Å². The van der Waals surface area contributed by atoms with Crippen LogP contribution in [-0.4, -0.2) is 46.3 Å². The first kappa shape index (κ1) is 31.5. The number of nitrogens with zero attached hydrogens (tertiary/aromatic N) is 1. The zero-order valence-corrected chi connectivity index (χ0v) is 25.6. The summed E-state index contributed by atoms with van der Waals surface area (Å²) in [7, 11) is 1.00. The Balaban J connectivity index is 0.00000188. The van der Waals surface area contributed by atoms with Gasteiger partial charge in [0.25, 0.3) is 0 Å². The number of aldehydes is 1. The van der Waals surface area contributed by atoms with Gasteiger partial charge in [0, 0.05) is 53.0 Å². The number of H-pyrrole nitrogens is 2. The molecule has 0 amide bonds. The summed E-state index contributed by atoms with van der Waals surface area (Å²) in [5.74, 6) is -2.01. The molecule has 0 aliphatic carbocycles. The van der Waals surface area contributed by atoms with Crippen molar-refractivity contribution in [2.45, 2.75) is 36.5 Å². The average molecular weight is 644 g/mol. The monoisotopic (exact) mass is 643 g/mol. The van der Waals surface area contributed by atoms with Crippen LogP contribution < -0.4 is 9.47 Å². The molecule has 2 aromatic heterocycles. The minimum Gasteiger partial charge on any atom is -0.493 e. The maximum absolute atomic E-state index is 15.1. The van der Waals surface area contributed by atoms with Crippen LogP contribution in [0.4, 0.5) is 13.2 Å². The number of aliphatic hydroxyl groups excluding tert-OH is 1. The minimum absolute atomic E-state index is 0.0486. The van der Waals surface area contributed by atoms with Crippen molar-refractivity contribution in [1.29, 1.82) is 0 Å². The molecular formula is C32H29ClF3N3O4S. The van der Waals surface area contributed by atoms with Gasteiger partial charge in [-0.3, -0.25) is 0 Å². The smallest absolute Gasteiger partial charge is 0.204 e. The van der Waals surface area contributed by atoms with Gasteiger partial charge in [-0.2, -0.15) is 4.39 Å². The number of fused-ring (bicyclic) bond motifs is 2. The summed E-state index contributed by atoms with van der Waals surface area (Å²) < 4.78 is 56.8. The molecular weight excluding hydrogens is 615 g/mol. The molecule has 7 nitrogen and oxygen atoms in total. The molecule has 1 atom stereocenters. The Morgan fingerprint density at radius 3 is 2.73 bits per heavy atom. The normalized spacial score (nSPS) is 15.7. The summed E-state index contributed by atoms with van der Waals surface area (Å²) in [6.45, 7) is 2.45. The van der Waals surface area contributed by atoms with Crippen LogP contribution >= 0.6 is 23.4 Å². The number of ether oxygens (including phenoxy) is 2. The van der Waals surface area contributed by atoms with Crippen LogP contribution in [0.1, 0.15) is 36.6 Å². The van der Waals surface area contributed by atoms with Gasteiger partial charge in [-0.1, -0.05) is 11.6 Å². The molecule has 3 aromatic carbocycles. The van der Waals surface area contributed by atoms with E-state index in [1.165, 1.54) is 36.2 Å². The van der Waals surface area contributed by atoms with Crippen LogP contribution in [0.15, 0.2) is 53.7 Å². The van der Waals surface area contributed by atoms with Crippen molar-refractivity contribution in [3.05, 3.63) is 88.1 Å². The fourth-order valence-electron chi connectivity index (χ4n) is 5.47. The summed E-state index contributed by atoms with van der Waals surface area (Å²) in [5.41, 5.74) is 1.96. The lowest BCUT2D eigenvalue weighted by molar-refractivity contribution is -0.107. The van der Waals surface area contributed by atoms with Crippen molar-refractivity contribution >= 4 is 40.6 Å². The lowest BCUT2D eigenvalue weighted by Crippen LogP contribution is -2.32. The second-order valence-corrected chi connectivity index (χ2v) is 11.5. The van der Waals surface area contributed by atoms with Gasteiger partial charge in [0.1, 0.15) is 29.4 Å². The van der Waals surface area contributed by atoms with Gasteiger partial charge in [0.2, 0.25) is 5.82 Å². The maximum Gasteiger partial charge on any atom is 0.204 e. The quantitative estimate of drug-likeness (QED) is 0.117. The number of aromatic amines is 2. The summed E-state index contributed by atoms with van der Waals surface area (Å²) in [5, 5.41) is 8.00. The topological polar surface area (TPSA) is 100 Å². The first-order chi connectivity index (χ1) is 21.2. The highest BCUT2D eigenvalue weighted by atomic mass is 35.5. The van der Waals surface area contributed by atoms with Crippen LogP contribution in [0, 0.1) is 17.5 Å². The van der Waals surface area contributed by atoms with Gasteiger partial charge < -0.3 is 29.3 Å². The second kappa shape index (κ2) is 13.0. The van der Waals surface area contributed by atoms with Gasteiger partial charge in [-0.05, 0) is 68.0 Å². The summed E-state index contributed by atoms with van der Waals surface area (Å²) in [6, 6.07) is 9.23. The van der Waals surface area contributed by atoms with E-state index in [1.54, 1.807) is 24.6 Å². The van der Waals surface area contributed by atoms with E-state index in [9.17, 15) is 9.18 Å². The molecule has 6 rings (SSSR count). The van der Waals surface area contributed by atoms with E-state index < -0.39 is 22.9 Å². The number of carbonyl (C=O) groups is 1. The van der Waals surface area contributed by atoms with Crippen molar-refractivity contribution in [2.75, 3.05) is 20.0 Å². The van der Waals surface area contributed by atoms with Gasteiger partial charge in [-0.25, -0.2) is 13.8 Å². The molecule has 3 heterocycles. The molecule has 5 aromatic rings. The number of rotatable bonds is 8. The third-order valence-electron chi connectivity index (χ3n) is 7.70. The standard InChI is InChI=1S/C31H25ClF3N3O3S.CH4O/c1-31(8-11-40-27-16(4-3-10-39)12-17(32)13-21(27)31)23-15-37-30(38-23)20-14-18(5-6-22(20)33)41-28-25(35)24(34)26-19(7-9-36-26)29(28)42-2;1-2/h5-7,9-10,12-15,36H,3-4,8,11H2,1-2H3,(H,37,38);2H,1H3/t31-;/m0./s1. The van der Waals surface area contributed by atoms with Crippen LogP contribution in [0.2, 0.25) is 5.02 Å². The average Bonchev–Trinajstić information content (AvgIpc) is 3.72. The van der Waals surface area contributed by atoms with Crippen LogP contribution in [0.3, 0.4) is 0 Å². The number of hydrogen-bond donors (Lipinski definition) is 3. The molecule has 3 N–H and O–H groups in total. The Bertz CT molecular complexity index is 1840. The van der Waals surface area contributed by atoms with E-state index in [0.29, 0.717) is 52.6 Å². The zero-order valence-electron chi connectivity index (χ0n) is 24.1. The number of halogens is 4. The van der Waals surface area contributed by atoms with Crippen molar-refractivity contribution < 1.29 is 32.5 Å². The minimum atomic E-state index is -1.14. The number of nitrogens with one attached hydrogen (secondary N) is 2. The van der Waals surface area contributed by atoms with Gasteiger partial charge in [-0.15, -0.1) is 11.8 Å². The number of aryl methyl sites for hydroxylation is 1. The predicted molar refractivity (Wildman–Crippen MR) is 165 cm³/mol. The van der Waals surface area contributed by atoms with E-state index in [4.69, 9.17) is 26.2 Å². The molecule has 0 unspecified atom stereocenters. The molecule has 230 valence electrons. The van der Waals surface area contributed by atoms with E-state index >= 15 is 8.78 Å². The summed E-state index contributed by atoms with van der Waals surface area (Å²) in [4.78, 5) is 21.9. The number of hydrogen-bond acceptors (Lipinski definition) is 6. The van der Waals surface area contributed by atoms with E-state index in [0.717, 1.165) is 24.5 Å². The first-order valence-electron chi connectivity index (χ1n) is 13.6. The van der Waals surface area contributed by atoms with Gasteiger partial charge >= 0.3 is 0 Å². The lowest BCUT2D eigenvalue weighted by atomic mass is 9.74. The van der Waals surface area contributed by atoms with Crippen molar-refractivity contribution in [3.63, 3.8) is 0 Å². The highest BCUT2D eigenvalue weighted by molar-refractivity contribution is 7.99. The van der Waals surface area contributed by atoms with Gasteiger partial charge in [0.05, 0.1) is 22.6 Å². The Hall–Kier alpha value is -3.93. The Kier molecular flexibility index (Phi) is 9.28. The summed E-state index contributed by atoms with van der Waals surface area (Å²) >= 11 is 7.68. The fourth-order valence-corrected chi connectivity index (χ4v) is 6.42. The number of benzene rings is 3. The number of carbonyl (C=O) groups excluding carboxylic acids is 1. The molecule has 0 spiro atoms. The third kappa shape index (κ3) is 5.55. The molecule has 44 heavy (non-hydrogen) atoms. The zero-order chi connectivity index (χ0) is 31.6. The van der Waals surface area contributed by atoms with Crippen LogP contribution in [0.5, 0.6) is 17.2 Å². The molecule has 0 fully saturated rings. The molecule has 1 aliphatic heterocycles. The molecule has 1 aliphatic rings. The molecule has 0 radical (unpaired) electrons. The first-order valence-corrected chi connectivity index (χ1v) is 15.2. The van der Waals surface area contributed by atoms with E-state index in [-0.39, 0.29) is 28.4 Å². The molecule has 0 saturated carbocycles. The van der Waals surface area contributed by atoms with Gasteiger partial charge in [0.15, 0.2) is 11.6 Å². The number of imidazole rings is 1. The third-order valence-corrected chi connectivity index (χ3v) is 8.73. The Morgan fingerprint density at radius 1 is 1.18 bits per heavy atom. The van der Waals surface area contributed by atoms with E-state index in [2.05, 4.69) is 15.0 Å². The van der Waals surface area contributed by atoms with E-state index in [1.807, 2.05) is 13.0 Å². The number of aliphatic hydroxyl groups is 1. The highest BCUT2D eigenvalue weighted by Gasteiger charge is 2.38. The van der Waals surface area contributed by atoms with Crippen LogP contribution in [-0.2, 0) is 16.6 Å². The molecule has 12 heteroatoms. The SMILES string of the molecule is CO.CSc1c(Oc2ccc(F)c(-c3ncc([C@@]4(C)CCOc5c(CCC=O)cc(Cl)cc54)[nH]3)c2)c(F)c(F)c2[nH]ccc12. The van der Waals surface area contributed by atoms with Crippen LogP contribution in [0.25, 0.3) is 22.3 Å². The Morgan fingerprint density at radius 2 is 1.98 bits per heavy atom. The maximum atomic E-state index is 15.1. The fraction of sp³-hybridized carbons (Fsp3) is 0.250. The Labute approximate surface area is 260 Å². The lowest BCUT2D eigenvalue weighted by Gasteiger charge is -2.36. The molecule has 0 bridgehead atoms. The largest absolute Gasteiger partial charge is 0.493 e. The second-order valence-electron chi connectivity index (χ2n) is 10.2. The van der Waals surface area contributed by atoms with Crippen molar-refractivity contribution in [2.24, 2.45) is 0 Å². The predicted octanol–water partition coefficient (Wildman–Crippen LogP) is 7.97. The highest BCUT2D eigenvalue weighted by Crippen LogP contribution is 2.47. The number of thioether (sulfide) groups is 1. The van der Waals surface area contributed by atoms with Crippen molar-refractivity contribution in [1.82, 2.24) is 15.0 Å². The number of aromatic nitrogens is 3. The molecule has 0 saturated heterocycles. The summed E-state index contributed by atoms with van der Waals surface area (Å²) in [6.07, 6.45) is 7.20.